The van der Waals surface area contributed by atoms with Gasteiger partial charge >= 0.3 is 0 Å². The molecule has 76 valence electrons. The van der Waals surface area contributed by atoms with E-state index in [4.69, 9.17) is 4.74 Å². The lowest BCUT2D eigenvalue weighted by molar-refractivity contribution is 0.101. The fourth-order valence-corrected chi connectivity index (χ4v) is 1.31. The van der Waals surface area contributed by atoms with Gasteiger partial charge < -0.3 is 10.1 Å². The van der Waals surface area contributed by atoms with E-state index < -0.39 is 0 Å². The first-order valence-electron chi connectivity index (χ1n) is 4.76. The number of benzene rings is 1. The van der Waals surface area contributed by atoms with Crippen molar-refractivity contribution in [3.05, 3.63) is 23.8 Å². The molecule has 0 radical (unpaired) electrons. The smallest absolute Gasteiger partial charge is 0.183 e. The third-order valence-electron chi connectivity index (χ3n) is 1.97. The summed E-state index contributed by atoms with van der Waals surface area (Å²) in [5, 5.41) is 3.00. The third-order valence-corrected chi connectivity index (χ3v) is 1.97. The summed E-state index contributed by atoms with van der Waals surface area (Å²) < 4.78 is 5.02. The number of nitrogens with one attached hydrogen (secondary N) is 1. The maximum atomic E-state index is 11.2. The van der Waals surface area contributed by atoms with Gasteiger partial charge in [-0.3, -0.25) is 4.79 Å². The summed E-state index contributed by atoms with van der Waals surface area (Å²) in [4.78, 5) is 11.2. The Labute approximate surface area is 84.1 Å². The molecule has 0 amide bonds. The Balaban J connectivity index is 0.000000461. The lowest BCUT2D eigenvalue weighted by Crippen LogP contribution is -2.00. The van der Waals surface area contributed by atoms with E-state index in [0.29, 0.717) is 6.54 Å². The van der Waals surface area contributed by atoms with E-state index in [0.717, 1.165) is 17.0 Å². The quantitative estimate of drug-likeness (QED) is 0.743. The molecule has 3 nitrogen and oxygen atoms in total. The second-order valence-electron chi connectivity index (χ2n) is 2.69. The van der Waals surface area contributed by atoms with Gasteiger partial charge in [0.25, 0.3) is 0 Å². The normalized spacial score (nSPS) is 12.4. The average Bonchev–Trinajstić information content (AvgIpc) is 2.63. The first kappa shape index (κ1) is 10.6. The molecule has 0 bridgehead atoms. The van der Waals surface area contributed by atoms with Crippen LogP contribution >= 0.6 is 0 Å². The number of ether oxygens (including phenoxy) is 1. The summed E-state index contributed by atoms with van der Waals surface area (Å²) in [6.45, 7) is 4.41. The van der Waals surface area contributed by atoms with Crippen LogP contribution in [0.25, 0.3) is 0 Å². The number of Topliss-reactive ketones (excluding diaryl/α,β-unsaturated/α-hetero) is 1. The van der Waals surface area contributed by atoms with Crippen molar-refractivity contribution >= 4 is 11.5 Å². The minimum Gasteiger partial charge on any atom is -0.497 e. The minimum absolute atomic E-state index is 0.146. The lowest BCUT2D eigenvalue weighted by Gasteiger charge is -2.01. The van der Waals surface area contributed by atoms with Crippen molar-refractivity contribution in [1.82, 2.24) is 0 Å². The molecule has 0 fully saturated rings. The first-order chi connectivity index (χ1) is 6.81. The molecule has 1 N–H and O–H groups in total. The van der Waals surface area contributed by atoms with Crippen molar-refractivity contribution in [2.45, 2.75) is 13.8 Å². The molecule has 0 atom stereocenters. The Morgan fingerprint density at radius 1 is 1.36 bits per heavy atom. The van der Waals surface area contributed by atoms with Crippen LogP contribution in [0.5, 0.6) is 5.75 Å². The van der Waals surface area contributed by atoms with E-state index in [2.05, 4.69) is 5.32 Å². The predicted molar refractivity (Wildman–Crippen MR) is 57.2 cm³/mol. The van der Waals surface area contributed by atoms with Crippen LogP contribution in [0.2, 0.25) is 0 Å². The second-order valence-corrected chi connectivity index (χ2v) is 2.69. The van der Waals surface area contributed by atoms with Crippen molar-refractivity contribution in [3.8, 4) is 5.75 Å². The third kappa shape index (κ3) is 1.87. The first-order valence-corrected chi connectivity index (χ1v) is 4.76. The molecular weight excluding hydrogens is 178 g/mol. The summed E-state index contributed by atoms with van der Waals surface area (Å²) in [6, 6.07) is 5.42. The van der Waals surface area contributed by atoms with Gasteiger partial charge in [0.2, 0.25) is 0 Å². The van der Waals surface area contributed by atoms with Crippen molar-refractivity contribution < 1.29 is 9.53 Å². The maximum absolute atomic E-state index is 11.2. The molecule has 0 unspecified atom stereocenters. The molecule has 0 saturated heterocycles. The van der Waals surface area contributed by atoms with Gasteiger partial charge in [-0.15, -0.1) is 0 Å². The molecule has 0 spiro atoms. The SMILES string of the molecule is CC.COc1ccc2c(c1)NCC2=O. The molecule has 1 aromatic carbocycles. The van der Waals surface area contributed by atoms with Gasteiger partial charge in [-0.25, -0.2) is 0 Å². The van der Waals surface area contributed by atoms with Crippen molar-refractivity contribution in [1.29, 1.82) is 0 Å². The molecule has 3 heteroatoms. The molecule has 0 saturated carbocycles. The molecule has 1 heterocycles. The zero-order valence-electron chi connectivity index (χ0n) is 8.76. The number of carbonyl (C=O) groups excluding carboxylic acids is 1. The highest BCUT2D eigenvalue weighted by atomic mass is 16.5. The van der Waals surface area contributed by atoms with Crippen LogP contribution in [-0.4, -0.2) is 19.4 Å². The highest BCUT2D eigenvalue weighted by molar-refractivity contribution is 6.08. The van der Waals surface area contributed by atoms with Gasteiger partial charge in [-0.2, -0.15) is 0 Å². The topological polar surface area (TPSA) is 38.3 Å². The van der Waals surface area contributed by atoms with E-state index in [-0.39, 0.29) is 5.78 Å². The zero-order chi connectivity index (χ0) is 10.6. The Hall–Kier alpha value is -1.51. The molecule has 1 aromatic rings. The van der Waals surface area contributed by atoms with Gasteiger partial charge in [0, 0.05) is 17.3 Å². The number of ketones is 1. The molecular formula is C11H15NO2. The zero-order valence-corrected chi connectivity index (χ0v) is 8.76. The molecule has 0 aliphatic carbocycles. The van der Waals surface area contributed by atoms with E-state index in [1.165, 1.54) is 0 Å². The Morgan fingerprint density at radius 2 is 2.07 bits per heavy atom. The second kappa shape index (κ2) is 4.65. The number of hydrogen-bond donors (Lipinski definition) is 1. The maximum Gasteiger partial charge on any atom is 0.183 e. The Morgan fingerprint density at radius 3 is 2.71 bits per heavy atom. The van der Waals surface area contributed by atoms with Gasteiger partial charge in [0.1, 0.15) is 5.75 Å². The Bertz CT molecular complexity index is 334. The summed E-state index contributed by atoms with van der Waals surface area (Å²) >= 11 is 0. The van der Waals surface area contributed by atoms with Gasteiger partial charge in [0.05, 0.1) is 13.7 Å². The van der Waals surface area contributed by atoms with E-state index in [1.54, 1.807) is 19.2 Å². The fraction of sp³-hybridized carbons (Fsp3) is 0.364. The minimum atomic E-state index is 0.146. The number of methoxy groups -OCH3 is 1. The monoisotopic (exact) mass is 193 g/mol. The van der Waals surface area contributed by atoms with Crippen LogP contribution in [0.1, 0.15) is 24.2 Å². The van der Waals surface area contributed by atoms with Crippen LogP contribution in [0.4, 0.5) is 5.69 Å². The van der Waals surface area contributed by atoms with E-state index in [9.17, 15) is 4.79 Å². The summed E-state index contributed by atoms with van der Waals surface area (Å²) in [6.07, 6.45) is 0. The predicted octanol–water partition coefficient (Wildman–Crippen LogP) is 2.33. The standard InChI is InChI=1S/C9H9NO2.C2H6/c1-12-6-2-3-7-8(4-6)10-5-9(7)11;1-2/h2-4,10H,5H2,1H3;1-2H3. The van der Waals surface area contributed by atoms with Crippen LogP contribution in [0.3, 0.4) is 0 Å². The summed E-state index contributed by atoms with van der Waals surface area (Å²) in [7, 11) is 1.61. The molecule has 2 rings (SSSR count). The van der Waals surface area contributed by atoms with E-state index >= 15 is 0 Å². The molecule has 1 aliphatic rings. The Kier molecular flexibility index (Phi) is 3.51. The van der Waals surface area contributed by atoms with Crippen molar-refractivity contribution in [3.63, 3.8) is 0 Å². The number of anilines is 1. The largest absolute Gasteiger partial charge is 0.497 e. The van der Waals surface area contributed by atoms with Gasteiger partial charge in [-0.1, -0.05) is 13.8 Å². The summed E-state index contributed by atoms with van der Waals surface area (Å²) in [5.74, 6) is 0.920. The van der Waals surface area contributed by atoms with E-state index in [1.807, 2.05) is 19.9 Å². The van der Waals surface area contributed by atoms with Crippen molar-refractivity contribution in [2.24, 2.45) is 0 Å². The number of hydrogen-bond acceptors (Lipinski definition) is 3. The highest BCUT2D eigenvalue weighted by Crippen LogP contribution is 2.26. The van der Waals surface area contributed by atoms with Crippen LogP contribution < -0.4 is 10.1 Å². The van der Waals surface area contributed by atoms with Crippen molar-refractivity contribution in [2.75, 3.05) is 19.0 Å². The average molecular weight is 193 g/mol. The molecule has 14 heavy (non-hydrogen) atoms. The van der Waals surface area contributed by atoms with Gasteiger partial charge in [0.15, 0.2) is 5.78 Å². The fourth-order valence-electron chi connectivity index (χ4n) is 1.31. The van der Waals surface area contributed by atoms with Crippen LogP contribution in [0.15, 0.2) is 18.2 Å². The highest BCUT2D eigenvalue weighted by Gasteiger charge is 2.18. The number of fused-ring (bicyclic) bond motifs is 1. The van der Waals surface area contributed by atoms with Crippen LogP contribution in [0, 0.1) is 0 Å². The molecule has 0 aromatic heterocycles. The molecule has 1 aliphatic heterocycles. The lowest BCUT2D eigenvalue weighted by atomic mass is 10.1. The number of carbonyl (C=O) groups is 1. The number of rotatable bonds is 1. The summed E-state index contributed by atoms with van der Waals surface area (Å²) in [5.41, 5.74) is 1.63. The van der Waals surface area contributed by atoms with Crippen LogP contribution in [-0.2, 0) is 0 Å². The van der Waals surface area contributed by atoms with Gasteiger partial charge in [-0.05, 0) is 12.1 Å².